The van der Waals surface area contributed by atoms with Gasteiger partial charge in [0, 0.05) is 12.0 Å². The van der Waals surface area contributed by atoms with E-state index < -0.39 is 7.65 Å². The first-order valence-corrected chi connectivity index (χ1v) is 3.57. The monoisotopic (exact) mass is 143 g/mol. The second kappa shape index (κ2) is 2.24. The summed E-state index contributed by atoms with van der Waals surface area (Å²) in [5.74, 6) is 0. The summed E-state index contributed by atoms with van der Waals surface area (Å²) in [4.78, 5) is 0. The van der Waals surface area contributed by atoms with Crippen molar-refractivity contribution in [2.24, 2.45) is 5.41 Å². The van der Waals surface area contributed by atoms with Crippen LogP contribution in [0.4, 0.5) is 0 Å². The molecule has 0 atom stereocenters. The Bertz CT molecular complexity index is 159. The highest BCUT2D eigenvalue weighted by molar-refractivity contribution is 6.18. The molecule has 2 nitrogen and oxygen atoms in total. The van der Waals surface area contributed by atoms with Crippen molar-refractivity contribution < 1.29 is 9.31 Å². The standard InChI is InChI=1S/C7H15BO2/c1-6(2)5-9-8-10-7(6,3)4/h8H,5H2,1-4H3/i8D. The Morgan fingerprint density at radius 3 is 2.40 bits per heavy atom. The lowest BCUT2D eigenvalue weighted by molar-refractivity contribution is -0.0873. The Hall–Kier alpha value is -0.0151. The minimum absolute atomic E-state index is 0.00938. The molecule has 0 unspecified atom stereocenters. The van der Waals surface area contributed by atoms with Crippen molar-refractivity contribution in [3.05, 3.63) is 0 Å². The molecule has 1 rings (SSSR count). The lowest BCUT2D eigenvalue weighted by Gasteiger charge is -2.45. The van der Waals surface area contributed by atoms with Gasteiger partial charge < -0.3 is 9.31 Å². The molecule has 1 aliphatic heterocycles. The van der Waals surface area contributed by atoms with E-state index in [1.54, 1.807) is 0 Å². The third-order valence-corrected chi connectivity index (χ3v) is 2.48. The quantitative estimate of drug-likeness (QED) is 0.473. The molecule has 0 saturated carbocycles. The molecule has 0 bridgehead atoms. The summed E-state index contributed by atoms with van der Waals surface area (Å²) in [6.07, 6.45) is 0. The van der Waals surface area contributed by atoms with Crippen LogP contribution < -0.4 is 0 Å². The van der Waals surface area contributed by atoms with E-state index in [0.29, 0.717) is 6.61 Å². The van der Waals surface area contributed by atoms with Crippen LogP contribution in [0, 0.1) is 5.41 Å². The largest absolute Gasteiger partial charge is 0.438 e. The zero-order chi connectivity index (χ0) is 8.70. The molecule has 1 saturated heterocycles. The Labute approximate surface area is 64.6 Å². The van der Waals surface area contributed by atoms with Crippen molar-refractivity contribution in [2.75, 3.05) is 6.61 Å². The molecular weight excluding hydrogens is 127 g/mol. The summed E-state index contributed by atoms with van der Waals surface area (Å²) in [7, 11) is -0.807. The van der Waals surface area contributed by atoms with Gasteiger partial charge in [-0.05, 0) is 13.8 Å². The van der Waals surface area contributed by atoms with E-state index in [2.05, 4.69) is 13.8 Å². The van der Waals surface area contributed by atoms with Crippen molar-refractivity contribution in [1.29, 1.82) is 1.34 Å². The third-order valence-electron chi connectivity index (χ3n) is 2.48. The maximum atomic E-state index is 7.26. The first kappa shape index (κ1) is 6.68. The van der Waals surface area contributed by atoms with Gasteiger partial charge in [0.1, 0.15) is 0 Å². The number of rotatable bonds is 0. The van der Waals surface area contributed by atoms with Crippen molar-refractivity contribution in [2.45, 2.75) is 33.3 Å². The van der Waals surface area contributed by atoms with Gasteiger partial charge in [0.05, 0.1) is 6.94 Å². The fourth-order valence-electron chi connectivity index (χ4n) is 0.730. The summed E-state index contributed by atoms with van der Waals surface area (Å²) >= 11 is 0. The van der Waals surface area contributed by atoms with Crippen LogP contribution in [0.3, 0.4) is 0 Å². The van der Waals surface area contributed by atoms with E-state index in [9.17, 15) is 0 Å². The van der Waals surface area contributed by atoms with Gasteiger partial charge in [-0.25, -0.2) is 0 Å². The Kier molecular flexibility index (Phi) is 1.50. The van der Waals surface area contributed by atoms with E-state index >= 15 is 0 Å². The number of hydrogen-bond donors (Lipinski definition) is 0. The van der Waals surface area contributed by atoms with E-state index in [1.165, 1.54) is 0 Å². The molecule has 0 N–H and O–H groups in total. The molecule has 1 fully saturated rings. The highest BCUT2D eigenvalue weighted by atomic mass is 16.6. The molecule has 1 aliphatic rings. The third kappa shape index (κ3) is 1.20. The minimum atomic E-state index is -0.807. The SMILES string of the molecule is [2H]B1OCC(C)(C)C(C)(C)O1. The zero-order valence-corrected chi connectivity index (χ0v) is 7.10. The van der Waals surface area contributed by atoms with Crippen molar-refractivity contribution in [3.8, 4) is 0 Å². The van der Waals surface area contributed by atoms with Gasteiger partial charge in [0.2, 0.25) is 0 Å². The zero-order valence-electron chi connectivity index (χ0n) is 8.10. The molecule has 10 heavy (non-hydrogen) atoms. The van der Waals surface area contributed by atoms with Crippen molar-refractivity contribution in [1.82, 2.24) is 0 Å². The van der Waals surface area contributed by atoms with Crippen LogP contribution in [0.1, 0.15) is 27.7 Å². The highest BCUT2D eigenvalue weighted by Crippen LogP contribution is 2.35. The van der Waals surface area contributed by atoms with E-state index in [1.807, 2.05) is 13.8 Å². The molecule has 58 valence electrons. The maximum absolute atomic E-state index is 7.26. The lowest BCUT2D eigenvalue weighted by atomic mass is 9.76. The average molecular weight is 143 g/mol. The van der Waals surface area contributed by atoms with Gasteiger partial charge in [-0.1, -0.05) is 13.8 Å². The molecule has 0 amide bonds. The van der Waals surface area contributed by atoms with Crippen LogP contribution in [-0.2, 0) is 9.31 Å². The first-order chi connectivity index (χ1) is 4.85. The highest BCUT2D eigenvalue weighted by Gasteiger charge is 2.40. The van der Waals surface area contributed by atoms with Crippen LogP contribution in [-0.4, -0.2) is 21.2 Å². The molecular formula is C7H15BO2. The average Bonchev–Trinajstić information content (AvgIpc) is 1.80. The predicted octanol–water partition coefficient (Wildman–Crippen LogP) is 1.10. The fraction of sp³-hybridized carbons (Fsp3) is 1.00. The van der Waals surface area contributed by atoms with E-state index in [-0.39, 0.29) is 11.0 Å². The van der Waals surface area contributed by atoms with E-state index in [4.69, 9.17) is 10.6 Å². The van der Waals surface area contributed by atoms with Crippen LogP contribution in [0.5, 0.6) is 0 Å². The minimum Gasteiger partial charge on any atom is -0.413 e. The molecule has 0 radical (unpaired) electrons. The van der Waals surface area contributed by atoms with Gasteiger partial charge in [-0.3, -0.25) is 0 Å². The Morgan fingerprint density at radius 2 is 2.00 bits per heavy atom. The van der Waals surface area contributed by atoms with E-state index in [0.717, 1.165) is 0 Å². The van der Waals surface area contributed by atoms with Gasteiger partial charge in [-0.2, -0.15) is 0 Å². The van der Waals surface area contributed by atoms with Crippen LogP contribution in [0.2, 0.25) is 0 Å². The normalized spacial score (nSPS) is 31.6. The molecule has 3 heteroatoms. The Balaban J connectivity index is 2.72. The fourth-order valence-corrected chi connectivity index (χ4v) is 0.730. The Morgan fingerprint density at radius 1 is 1.40 bits per heavy atom. The first-order valence-electron chi connectivity index (χ1n) is 4.15. The van der Waals surface area contributed by atoms with Crippen LogP contribution in [0.25, 0.3) is 0 Å². The summed E-state index contributed by atoms with van der Waals surface area (Å²) < 4.78 is 17.7. The van der Waals surface area contributed by atoms with Crippen LogP contribution >= 0.6 is 0 Å². The predicted molar refractivity (Wildman–Crippen MR) is 42.0 cm³/mol. The maximum Gasteiger partial charge on any atom is 0.438 e. The summed E-state index contributed by atoms with van der Waals surface area (Å²) in [5.41, 5.74) is -0.276. The second-order valence-electron chi connectivity index (χ2n) is 3.92. The molecule has 0 aromatic heterocycles. The van der Waals surface area contributed by atoms with Crippen molar-refractivity contribution >= 4 is 7.65 Å². The smallest absolute Gasteiger partial charge is 0.413 e. The van der Waals surface area contributed by atoms with Gasteiger partial charge in [0.25, 0.3) is 0 Å². The molecule has 0 aromatic rings. The molecule has 1 heterocycles. The number of hydrogen-bond acceptors (Lipinski definition) is 2. The van der Waals surface area contributed by atoms with Gasteiger partial charge in [0.15, 0.2) is 0 Å². The van der Waals surface area contributed by atoms with Gasteiger partial charge in [-0.15, -0.1) is 0 Å². The lowest BCUT2D eigenvalue weighted by Crippen LogP contribution is -2.50. The van der Waals surface area contributed by atoms with Crippen LogP contribution in [0.15, 0.2) is 0 Å². The summed E-state index contributed by atoms with van der Waals surface area (Å²) in [6, 6.07) is 0. The molecule has 0 spiro atoms. The second-order valence-corrected chi connectivity index (χ2v) is 3.92. The molecule has 0 aromatic carbocycles. The van der Waals surface area contributed by atoms with Crippen molar-refractivity contribution in [3.63, 3.8) is 0 Å². The van der Waals surface area contributed by atoms with Gasteiger partial charge >= 0.3 is 7.65 Å². The topological polar surface area (TPSA) is 18.5 Å². The summed E-state index contributed by atoms with van der Waals surface area (Å²) in [6.45, 7) is 8.75. The summed E-state index contributed by atoms with van der Waals surface area (Å²) in [5, 5.41) is 0. The molecule has 0 aliphatic carbocycles.